The third-order valence-corrected chi connectivity index (χ3v) is 2.06. The van der Waals surface area contributed by atoms with E-state index in [-0.39, 0.29) is 12.1 Å². The van der Waals surface area contributed by atoms with Gasteiger partial charge in [0.1, 0.15) is 0 Å². The molecular formula is C14H26O4. The minimum Gasteiger partial charge on any atom is -0.463 e. The molecule has 0 saturated carbocycles. The molecule has 0 spiro atoms. The van der Waals surface area contributed by atoms with E-state index in [0.29, 0.717) is 13.2 Å². The Hall–Kier alpha value is -0.870. The molecule has 0 bridgehead atoms. The van der Waals surface area contributed by atoms with Gasteiger partial charge < -0.3 is 14.2 Å². The van der Waals surface area contributed by atoms with E-state index in [1.165, 1.54) is 6.08 Å². The quantitative estimate of drug-likeness (QED) is 0.325. The number of hydrogen-bond donors (Lipinski definition) is 0. The van der Waals surface area contributed by atoms with Gasteiger partial charge in [0.15, 0.2) is 0 Å². The molecule has 0 amide bonds. The van der Waals surface area contributed by atoms with Crippen LogP contribution < -0.4 is 0 Å². The average Bonchev–Trinajstić information content (AvgIpc) is 2.33. The van der Waals surface area contributed by atoms with Crippen molar-refractivity contribution in [3.8, 4) is 0 Å². The first-order valence-corrected chi connectivity index (χ1v) is 6.69. The molecular weight excluding hydrogens is 232 g/mol. The van der Waals surface area contributed by atoms with Gasteiger partial charge in [0.05, 0.1) is 19.3 Å². The van der Waals surface area contributed by atoms with Crippen LogP contribution >= 0.6 is 0 Å². The summed E-state index contributed by atoms with van der Waals surface area (Å²) in [5, 5.41) is 0. The van der Waals surface area contributed by atoms with Gasteiger partial charge in [0.2, 0.25) is 0 Å². The van der Waals surface area contributed by atoms with Crippen LogP contribution in [-0.2, 0) is 19.0 Å². The van der Waals surface area contributed by atoms with Crippen LogP contribution in [0.3, 0.4) is 0 Å². The van der Waals surface area contributed by atoms with E-state index >= 15 is 0 Å². The van der Waals surface area contributed by atoms with Gasteiger partial charge >= 0.3 is 5.97 Å². The monoisotopic (exact) mass is 258 g/mol. The zero-order valence-corrected chi connectivity index (χ0v) is 11.8. The molecule has 0 aromatic rings. The highest BCUT2D eigenvalue weighted by Gasteiger charge is 1.97. The third kappa shape index (κ3) is 13.2. The average molecular weight is 258 g/mol. The van der Waals surface area contributed by atoms with E-state index in [4.69, 9.17) is 14.2 Å². The molecule has 0 aliphatic rings. The Morgan fingerprint density at radius 3 is 2.56 bits per heavy atom. The fourth-order valence-corrected chi connectivity index (χ4v) is 1.17. The van der Waals surface area contributed by atoms with Crippen molar-refractivity contribution in [1.29, 1.82) is 0 Å². The maximum atomic E-state index is 11.2. The molecule has 0 heterocycles. The standard InChI is InChI=1S/C14H26O4/c1-4-9-16-10-5-6-11-18-14(15)8-7-12-17-13(2)3/h7-8,13H,4-6,9-12H2,1-3H3/b8-7+. The largest absolute Gasteiger partial charge is 0.463 e. The fourth-order valence-electron chi connectivity index (χ4n) is 1.17. The van der Waals surface area contributed by atoms with E-state index < -0.39 is 0 Å². The van der Waals surface area contributed by atoms with Crippen molar-refractivity contribution < 1.29 is 19.0 Å². The minimum atomic E-state index is -0.308. The summed E-state index contributed by atoms with van der Waals surface area (Å²) in [5.41, 5.74) is 0. The predicted octanol–water partition coefficient (Wildman–Crippen LogP) is 2.72. The number of esters is 1. The Kier molecular flexibility index (Phi) is 12.0. The van der Waals surface area contributed by atoms with Crippen molar-refractivity contribution in [2.75, 3.05) is 26.4 Å². The van der Waals surface area contributed by atoms with Crippen molar-refractivity contribution in [3.63, 3.8) is 0 Å². The van der Waals surface area contributed by atoms with Gasteiger partial charge in [0.25, 0.3) is 0 Å². The highest BCUT2D eigenvalue weighted by atomic mass is 16.5. The van der Waals surface area contributed by atoms with E-state index in [0.717, 1.165) is 32.5 Å². The normalized spacial score (nSPS) is 11.3. The predicted molar refractivity (Wildman–Crippen MR) is 71.5 cm³/mol. The van der Waals surface area contributed by atoms with Crippen molar-refractivity contribution in [2.45, 2.75) is 46.1 Å². The Morgan fingerprint density at radius 1 is 1.17 bits per heavy atom. The second-order valence-electron chi connectivity index (χ2n) is 4.27. The highest BCUT2D eigenvalue weighted by molar-refractivity contribution is 5.81. The first-order chi connectivity index (χ1) is 8.66. The first kappa shape index (κ1) is 17.1. The van der Waals surface area contributed by atoms with Gasteiger partial charge in [-0.1, -0.05) is 13.0 Å². The summed E-state index contributed by atoms with van der Waals surface area (Å²) in [6.45, 7) is 8.42. The Bertz CT molecular complexity index is 224. The van der Waals surface area contributed by atoms with E-state index in [9.17, 15) is 4.79 Å². The van der Waals surface area contributed by atoms with Gasteiger partial charge in [-0.15, -0.1) is 0 Å². The molecule has 0 saturated heterocycles. The molecule has 0 aliphatic carbocycles. The maximum absolute atomic E-state index is 11.2. The van der Waals surface area contributed by atoms with Crippen LogP contribution in [0.2, 0.25) is 0 Å². The van der Waals surface area contributed by atoms with Gasteiger partial charge in [-0.05, 0) is 33.1 Å². The summed E-state index contributed by atoms with van der Waals surface area (Å²) in [4.78, 5) is 11.2. The van der Waals surface area contributed by atoms with Crippen LogP contribution in [0, 0.1) is 0 Å². The maximum Gasteiger partial charge on any atom is 0.330 e. The molecule has 4 heteroatoms. The van der Waals surface area contributed by atoms with E-state index in [2.05, 4.69) is 6.92 Å². The lowest BCUT2D eigenvalue weighted by Gasteiger charge is -2.04. The number of unbranched alkanes of at least 4 members (excludes halogenated alkanes) is 1. The smallest absolute Gasteiger partial charge is 0.330 e. The van der Waals surface area contributed by atoms with Crippen LogP contribution in [0.15, 0.2) is 12.2 Å². The molecule has 0 fully saturated rings. The number of hydrogen-bond acceptors (Lipinski definition) is 4. The summed E-state index contributed by atoms with van der Waals surface area (Å²) >= 11 is 0. The summed E-state index contributed by atoms with van der Waals surface area (Å²) < 4.78 is 15.6. The van der Waals surface area contributed by atoms with Crippen molar-refractivity contribution in [3.05, 3.63) is 12.2 Å². The van der Waals surface area contributed by atoms with Crippen molar-refractivity contribution >= 4 is 5.97 Å². The molecule has 0 N–H and O–H groups in total. The number of rotatable bonds is 11. The summed E-state index contributed by atoms with van der Waals surface area (Å²) in [6, 6.07) is 0. The summed E-state index contributed by atoms with van der Waals surface area (Å²) in [7, 11) is 0. The number of carbonyl (C=O) groups is 1. The highest BCUT2D eigenvalue weighted by Crippen LogP contribution is 1.94. The first-order valence-electron chi connectivity index (χ1n) is 6.69. The van der Waals surface area contributed by atoms with Crippen LogP contribution in [0.1, 0.15) is 40.0 Å². The summed E-state index contributed by atoms with van der Waals surface area (Å²) in [5.74, 6) is -0.308. The number of carbonyl (C=O) groups excluding carboxylic acids is 1. The number of ether oxygens (including phenoxy) is 3. The van der Waals surface area contributed by atoms with Crippen LogP contribution in [-0.4, -0.2) is 38.5 Å². The topological polar surface area (TPSA) is 44.8 Å². The summed E-state index contributed by atoms with van der Waals surface area (Å²) in [6.07, 6.45) is 6.06. The second kappa shape index (κ2) is 12.6. The molecule has 0 atom stereocenters. The van der Waals surface area contributed by atoms with E-state index in [1.807, 2.05) is 13.8 Å². The molecule has 0 aromatic carbocycles. The van der Waals surface area contributed by atoms with Gasteiger partial charge in [0, 0.05) is 19.3 Å². The molecule has 0 unspecified atom stereocenters. The van der Waals surface area contributed by atoms with Crippen molar-refractivity contribution in [2.24, 2.45) is 0 Å². The molecule has 0 radical (unpaired) electrons. The fraction of sp³-hybridized carbons (Fsp3) is 0.786. The lowest BCUT2D eigenvalue weighted by Crippen LogP contribution is -2.05. The Labute approximate surface area is 110 Å². The van der Waals surface area contributed by atoms with E-state index in [1.54, 1.807) is 6.08 Å². The zero-order valence-electron chi connectivity index (χ0n) is 11.8. The SMILES string of the molecule is CCCOCCCCOC(=O)/C=C/COC(C)C. The Balaban J connectivity index is 3.31. The Morgan fingerprint density at radius 2 is 1.89 bits per heavy atom. The van der Waals surface area contributed by atoms with Gasteiger partial charge in [-0.3, -0.25) is 0 Å². The van der Waals surface area contributed by atoms with Crippen LogP contribution in [0.5, 0.6) is 0 Å². The third-order valence-electron chi connectivity index (χ3n) is 2.06. The van der Waals surface area contributed by atoms with Crippen molar-refractivity contribution in [1.82, 2.24) is 0 Å². The molecule has 18 heavy (non-hydrogen) atoms. The molecule has 4 nitrogen and oxygen atoms in total. The molecule has 0 aliphatic heterocycles. The lowest BCUT2D eigenvalue weighted by molar-refractivity contribution is -0.138. The molecule has 0 rings (SSSR count). The zero-order chi connectivity index (χ0) is 13.6. The molecule has 0 aromatic heterocycles. The van der Waals surface area contributed by atoms with Crippen LogP contribution in [0.25, 0.3) is 0 Å². The second-order valence-corrected chi connectivity index (χ2v) is 4.27. The van der Waals surface area contributed by atoms with Gasteiger partial charge in [-0.2, -0.15) is 0 Å². The van der Waals surface area contributed by atoms with Crippen LogP contribution in [0.4, 0.5) is 0 Å². The minimum absolute atomic E-state index is 0.175. The lowest BCUT2D eigenvalue weighted by atomic mass is 10.3. The van der Waals surface area contributed by atoms with Gasteiger partial charge in [-0.25, -0.2) is 4.79 Å². The molecule has 106 valence electrons.